The van der Waals surface area contributed by atoms with Gasteiger partial charge in [0.15, 0.2) is 6.29 Å². The number of hydrogen-bond acceptors (Lipinski definition) is 5. The van der Waals surface area contributed by atoms with Gasteiger partial charge in [-0.05, 0) is 73.1 Å². The van der Waals surface area contributed by atoms with Gasteiger partial charge in [0, 0.05) is 36.2 Å². The molecule has 0 fully saturated rings. The van der Waals surface area contributed by atoms with Crippen LogP contribution in [0.3, 0.4) is 0 Å². The van der Waals surface area contributed by atoms with Crippen molar-refractivity contribution in [1.29, 1.82) is 0 Å². The summed E-state index contributed by atoms with van der Waals surface area (Å²) in [4.78, 5) is 31.3. The van der Waals surface area contributed by atoms with Crippen LogP contribution in [0.4, 0.5) is 17.6 Å². The van der Waals surface area contributed by atoms with Gasteiger partial charge in [0.05, 0.1) is 5.92 Å². The predicted octanol–water partition coefficient (Wildman–Crippen LogP) is 7.11. The lowest BCUT2D eigenvalue weighted by atomic mass is 9.93. The molecule has 1 aromatic heterocycles. The summed E-state index contributed by atoms with van der Waals surface area (Å²) in [5.41, 5.74) is 2.99. The SMILES string of the molecule is CCC1=C(N2CC=C(c3ccc(F)cc3C=O)CC2)N=CC(CCCc2ccc(C(F)(F)F)s2)C(=O)C1. The number of halogens is 4. The summed E-state index contributed by atoms with van der Waals surface area (Å²) < 4.78 is 52.0. The molecule has 0 saturated heterocycles. The van der Waals surface area contributed by atoms with E-state index in [1.165, 1.54) is 18.2 Å². The minimum Gasteiger partial charge on any atom is -0.353 e. The number of carbonyl (C=O) groups excluding carboxylic acids is 2. The van der Waals surface area contributed by atoms with Crippen LogP contribution in [0.25, 0.3) is 5.57 Å². The van der Waals surface area contributed by atoms with Crippen LogP contribution in [0.1, 0.15) is 64.7 Å². The number of aldehydes is 1. The van der Waals surface area contributed by atoms with Gasteiger partial charge in [0.2, 0.25) is 0 Å². The smallest absolute Gasteiger partial charge is 0.353 e. The molecule has 1 unspecified atom stereocenters. The maximum atomic E-state index is 13.5. The molecule has 3 heterocycles. The van der Waals surface area contributed by atoms with E-state index in [4.69, 9.17) is 4.99 Å². The fourth-order valence-corrected chi connectivity index (χ4v) is 5.69. The first-order valence-electron chi connectivity index (χ1n) is 12.3. The molecule has 4 rings (SSSR count). The van der Waals surface area contributed by atoms with Crippen LogP contribution in [0, 0.1) is 11.7 Å². The highest BCUT2D eigenvalue weighted by molar-refractivity contribution is 7.12. The Bertz CT molecular complexity index is 1260. The second-order valence-electron chi connectivity index (χ2n) is 9.24. The van der Waals surface area contributed by atoms with Crippen molar-refractivity contribution in [1.82, 2.24) is 4.90 Å². The highest BCUT2D eigenvalue weighted by Crippen LogP contribution is 2.35. The lowest BCUT2D eigenvalue weighted by molar-refractivity contribution is -0.134. The molecule has 1 aromatic carbocycles. The molecular weight excluding hydrogens is 504 g/mol. The molecule has 0 N–H and O–H groups in total. The lowest BCUT2D eigenvalue weighted by Gasteiger charge is -2.30. The molecule has 2 aliphatic heterocycles. The van der Waals surface area contributed by atoms with Crippen molar-refractivity contribution in [3.05, 3.63) is 74.5 Å². The Hall–Kier alpha value is -3.07. The Morgan fingerprint density at radius 2 is 2.03 bits per heavy atom. The van der Waals surface area contributed by atoms with Crippen LogP contribution in [0.2, 0.25) is 0 Å². The number of aliphatic imine (C=N–C) groups is 1. The minimum absolute atomic E-state index is 0.0768. The van der Waals surface area contributed by atoms with Gasteiger partial charge in [-0.1, -0.05) is 19.1 Å². The van der Waals surface area contributed by atoms with Crippen molar-refractivity contribution >= 4 is 35.2 Å². The van der Waals surface area contributed by atoms with Crippen LogP contribution < -0.4 is 0 Å². The van der Waals surface area contributed by atoms with E-state index in [9.17, 15) is 27.2 Å². The monoisotopic (exact) mass is 532 g/mol. The van der Waals surface area contributed by atoms with Gasteiger partial charge < -0.3 is 4.90 Å². The lowest BCUT2D eigenvalue weighted by Crippen LogP contribution is -2.28. The van der Waals surface area contributed by atoms with Gasteiger partial charge in [-0.15, -0.1) is 11.3 Å². The number of hydrogen-bond donors (Lipinski definition) is 0. The van der Waals surface area contributed by atoms with E-state index in [2.05, 4.69) is 4.90 Å². The summed E-state index contributed by atoms with van der Waals surface area (Å²) in [6, 6.07) is 6.83. The fraction of sp³-hybridized carbons (Fsp3) is 0.393. The molecule has 2 aromatic rings. The standard InChI is InChI=1S/C28H28F4N2O2S/c1-2-18-15-25(36)20(4-3-5-23-7-9-26(37-23)28(30,31)32)16-33-27(18)34-12-10-19(11-13-34)24-8-6-22(29)14-21(24)17-35/h6-10,14,16-17,20H,2-5,11-13,15H2,1H3. The van der Waals surface area contributed by atoms with E-state index < -0.39 is 16.9 Å². The Morgan fingerprint density at radius 3 is 2.68 bits per heavy atom. The molecule has 4 nitrogen and oxygen atoms in total. The number of ketones is 1. The van der Waals surface area contributed by atoms with E-state index >= 15 is 0 Å². The average molecular weight is 533 g/mol. The number of allylic oxidation sites excluding steroid dienone is 1. The quantitative estimate of drug-likeness (QED) is 0.269. The van der Waals surface area contributed by atoms with Gasteiger partial charge >= 0.3 is 6.18 Å². The van der Waals surface area contributed by atoms with Crippen molar-refractivity contribution in [3.8, 4) is 0 Å². The van der Waals surface area contributed by atoms with Gasteiger partial charge in [-0.25, -0.2) is 9.38 Å². The highest BCUT2D eigenvalue weighted by Gasteiger charge is 2.32. The van der Waals surface area contributed by atoms with Crippen LogP contribution >= 0.6 is 11.3 Å². The minimum atomic E-state index is -4.33. The summed E-state index contributed by atoms with van der Waals surface area (Å²) in [7, 11) is 0. The summed E-state index contributed by atoms with van der Waals surface area (Å²) in [6.07, 6.45) is 3.31. The fourth-order valence-electron chi connectivity index (χ4n) is 4.77. The molecule has 0 spiro atoms. The van der Waals surface area contributed by atoms with E-state index in [0.29, 0.717) is 68.3 Å². The van der Waals surface area contributed by atoms with Crippen molar-refractivity contribution < 1.29 is 27.2 Å². The molecule has 0 radical (unpaired) electrons. The van der Waals surface area contributed by atoms with Gasteiger partial charge in [0.1, 0.15) is 22.3 Å². The largest absolute Gasteiger partial charge is 0.425 e. The summed E-state index contributed by atoms with van der Waals surface area (Å²) in [5.74, 6) is 0.0471. The van der Waals surface area contributed by atoms with Crippen LogP contribution in [0.5, 0.6) is 0 Å². The normalized spacial score (nSPS) is 18.7. The summed E-state index contributed by atoms with van der Waals surface area (Å²) in [5, 5.41) is 0. The number of carbonyl (C=O) groups is 2. The third-order valence-corrected chi connectivity index (χ3v) is 7.99. The molecule has 1 atom stereocenters. The Balaban J connectivity index is 1.41. The molecule has 2 aliphatic rings. The molecule has 0 bridgehead atoms. The Labute approximate surface area is 217 Å². The van der Waals surface area contributed by atoms with E-state index in [1.54, 1.807) is 12.3 Å². The molecule has 0 amide bonds. The van der Waals surface area contributed by atoms with Crippen LogP contribution in [0.15, 0.2) is 52.8 Å². The van der Waals surface area contributed by atoms with Crippen LogP contribution in [-0.4, -0.2) is 36.3 Å². The Morgan fingerprint density at radius 1 is 1.22 bits per heavy atom. The van der Waals surface area contributed by atoms with Crippen molar-refractivity contribution in [3.63, 3.8) is 0 Å². The topological polar surface area (TPSA) is 49.7 Å². The van der Waals surface area contributed by atoms with E-state index in [0.717, 1.165) is 39.9 Å². The molecule has 0 saturated carbocycles. The van der Waals surface area contributed by atoms with Crippen molar-refractivity contribution in [2.75, 3.05) is 13.1 Å². The number of alkyl halides is 3. The first kappa shape index (κ1) is 27.0. The van der Waals surface area contributed by atoms with Gasteiger partial charge in [-0.2, -0.15) is 13.2 Å². The average Bonchev–Trinajstić information content (AvgIpc) is 3.30. The zero-order valence-electron chi connectivity index (χ0n) is 20.5. The zero-order chi connectivity index (χ0) is 26.6. The van der Waals surface area contributed by atoms with E-state index in [-0.39, 0.29) is 11.7 Å². The Kier molecular flexibility index (Phi) is 8.42. The first-order valence-corrected chi connectivity index (χ1v) is 13.1. The van der Waals surface area contributed by atoms with Crippen molar-refractivity contribution in [2.24, 2.45) is 10.9 Å². The number of aryl methyl sites for hydroxylation is 1. The second kappa shape index (κ2) is 11.5. The number of nitrogens with zero attached hydrogens (tertiary/aromatic N) is 2. The molecule has 37 heavy (non-hydrogen) atoms. The maximum Gasteiger partial charge on any atom is 0.425 e. The van der Waals surface area contributed by atoms with Crippen LogP contribution in [-0.2, 0) is 17.4 Å². The maximum absolute atomic E-state index is 13.5. The third kappa shape index (κ3) is 6.44. The first-order chi connectivity index (χ1) is 17.7. The number of benzene rings is 1. The highest BCUT2D eigenvalue weighted by atomic mass is 32.1. The van der Waals surface area contributed by atoms with Crippen molar-refractivity contribution in [2.45, 2.75) is 51.6 Å². The number of Topliss-reactive ketones (excluding diaryl/α,β-unsaturated/α-hetero) is 1. The number of thiophene rings is 1. The molecular formula is C28H28F4N2O2S. The van der Waals surface area contributed by atoms with Gasteiger partial charge in [0.25, 0.3) is 0 Å². The zero-order valence-corrected chi connectivity index (χ0v) is 21.3. The third-order valence-electron chi connectivity index (χ3n) is 6.80. The summed E-state index contributed by atoms with van der Waals surface area (Å²) >= 11 is 0.754. The molecule has 196 valence electrons. The number of rotatable bonds is 8. The molecule has 0 aliphatic carbocycles. The predicted molar refractivity (Wildman–Crippen MR) is 137 cm³/mol. The van der Waals surface area contributed by atoms with E-state index in [1.807, 2.05) is 13.0 Å². The summed E-state index contributed by atoms with van der Waals surface area (Å²) in [6.45, 7) is 3.20. The van der Waals surface area contributed by atoms with Gasteiger partial charge in [-0.3, -0.25) is 9.59 Å². The second-order valence-corrected chi connectivity index (χ2v) is 10.4. The molecule has 9 heteroatoms.